The molecule has 0 amide bonds. The molecule has 0 atom stereocenters. The van der Waals surface area contributed by atoms with Gasteiger partial charge in [0.05, 0.1) is 13.2 Å². The fourth-order valence-corrected chi connectivity index (χ4v) is 0.706. The summed E-state index contributed by atoms with van der Waals surface area (Å²) in [5.74, 6) is 0. The SMILES string of the molecule is C=NCCOS(=O)(=O)C(F)(F)F. The molecule has 0 radical (unpaired) electrons. The minimum atomic E-state index is -5.46. The highest BCUT2D eigenvalue weighted by molar-refractivity contribution is 7.87. The summed E-state index contributed by atoms with van der Waals surface area (Å²) in [5.41, 5.74) is -5.37. The molecule has 0 aliphatic rings. The predicted octanol–water partition coefficient (Wildman–Crippen LogP) is 0.553. The second-order valence-electron chi connectivity index (χ2n) is 1.67. The predicted molar refractivity (Wildman–Crippen MR) is 35.3 cm³/mol. The Morgan fingerprint density at radius 3 is 2.25 bits per heavy atom. The minimum absolute atomic E-state index is 0.199. The first kappa shape index (κ1) is 11.4. The van der Waals surface area contributed by atoms with E-state index in [0.717, 1.165) is 0 Å². The normalized spacial score (nSPS) is 12.9. The Hall–Kier alpha value is -0.630. The molecule has 8 heteroatoms. The monoisotopic (exact) mass is 205 g/mol. The Morgan fingerprint density at radius 1 is 1.42 bits per heavy atom. The summed E-state index contributed by atoms with van der Waals surface area (Å²) >= 11 is 0. The molecule has 0 aliphatic heterocycles. The van der Waals surface area contributed by atoms with Crippen LogP contribution in [0.25, 0.3) is 0 Å². The maximum absolute atomic E-state index is 11.5. The Labute approximate surface area is 67.2 Å². The van der Waals surface area contributed by atoms with Crippen LogP contribution in [0.2, 0.25) is 0 Å². The second-order valence-corrected chi connectivity index (χ2v) is 3.28. The van der Waals surface area contributed by atoms with Crippen molar-refractivity contribution < 1.29 is 25.8 Å². The molecule has 4 nitrogen and oxygen atoms in total. The summed E-state index contributed by atoms with van der Waals surface area (Å²) in [7, 11) is -5.46. The Kier molecular flexibility index (Phi) is 3.65. The van der Waals surface area contributed by atoms with E-state index in [-0.39, 0.29) is 6.54 Å². The molecule has 0 spiro atoms. The van der Waals surface area contributed by atoms with Crippen LogP contribution in [-0.2, 0) is 14.3 Å². The highest BCUT2D eigenvalue weighted by Crippen LogP contribution is 2.24. The van der Waals surface area contributed by atoms with Crippen LogP contribution in [0.1, 0.15) is 0 Å². The standard InChI is InChI=1S/C4H6F3NO3S/c1-8-2-3-11-12(9,10)4(5,6)7/h1-3H2. The largest absolute Gasteiger partial charge is 0.523 e. The van der Waals surface area contributed by atoms with Crippen LogP contribution < -0.4 is 0 Å². The molecule has 0 fully saturated rings. The van der Waals surface area contributed by atoms with Crippen LogP contribution >= 0.6 is 0 Å². The van der Waals surface area contributed by atoms with Gasteiger partial charge < -0.3 is 0 Å². The number of aliphatic imine (C=N–C) groups is 1. The third kappa shape index (κ3) is 3.18. The smallest absolute Gasteiger partial charge is 0.298 e. The summed E-state index contributed by atoms with van der Waals surface area (Å²) in [6, 6.07) is 0. The van der Waals surface area contributed by atoms with Gasteiger partial charge in [0.15, 0.2) is 0 Å². The minimum Gasteiger partial charge on any atom is -0.298 e. The van der Waals surface area contributed by atoms with Crippen molar-refractivity contribution in [3.8, 4) is 0 Å². The van der Waals surface area contributed by atoms with Crippen molar-refractivity contribution in [3.05, 3.63) is 0 Å². The fraction of sp³-hybridized carbons (Fsp3) is 0.750. The van der Waals surface area contributed by atoms with E-state index < -0.39 is 22.2 Å². The van der Waals surface area contributed by atoms with Crippen molar-refractivity contribution in [1.82, 2.24) is 0 Å². The Bertz CT molecular complexity index is 245. The average Bonchev–Trinajstić information content (AvgIpc) is 1.85. The quantitative estimate of drug-likeness (QED) is 0.291. The third-order valence-electron chi connectivity index (χ3n) is 0.771. The third-order valence-corrected chi connectivity index (χ3v) is 1.82. The number of hydrogen-bond donors (Lipinski definition) is 0. The van der Waals surface area contributed by atoms with Crippen molar-refractivity contribution in [2.24, 2.45) is 4.99 Å². The molecule has 0 heterocycles. The average molecular weight is 205 g/mol. The number of hydrogen-bond acceptors (Lipinski definition) is 4. The topological polar surface area (TPSA) is 55.7 Å². The van der Waals surface area contributed by atoms with E-state index >= 15 is 0 Å². The molecule has 0 aromatic heterocycles. The maximum atomic E-state index is 11.5. The zero-order chi connectivity index (χ0) is 9.83. The molecule has 0 aromatic rings. The molecule has 0 aromatic carbocycles. The van der Waals surface area contributed by atoms with Crippen molar-refractivity contribution in [3.63, 3.8) is 0 Å². The van der Waals surface area contributed by atoms with Crippen LogP contribution in [0, 0.1) is 0 Å². The number of alkyl halides is 3. The van der Waals surface area contributed by atoms with Gasteiger partial charge in [-0.05, 0) is 6.72 Å². The highest BCUT2D eigenvalue weighted by atomic mass is 32.2. The van der Waals surface area contributed by atoms with E-state index in [2.05, 4.69) is 15.9 Å². The van der Waals surface area contributed by atoms with E-state index in [1.165, 1.54) is 0 Å². The van der Waals surface area contributed by atoms with Crippen molar-refractivity contribution in [2.75, 3.05) is 13.2 Å². The maximum Gasteiger partial charge on any atom is 0.523 e. The zero-order valence-corrected chi connectivity index (χ0v) is 6.65. The molecule has 12 heavy (non-hydrogen) atoms. The van der Waals surface area contributed by atoms with Crippen molar-refractivity contribution in [2.45, 2.75) is 5.51 Å². The molecule has 0 N–H and O–H groups in total. The molecular formula is C4H6F3NO3S. The number of halogens is 3. The lowest BCUT2D eigenvalue weighted by Crippen LogP contribution is -2.26. The molecule has 0 saturated heterocycles. The summed E-state index contributed by atoms with van der Waals surface area (Å²) in [6.45, 7) is 2.09. The van der Waals surface area contributed by atoms with Gasteiger partial charge in [0, 0.05) is 0 Å². The van der Waals surface area contributed by atoms with Crippen molar-refractivity contribution >= 4 is 16.8 Å². The fourth-order valence-electron chi connectivity index (χ4n) is 0.278. The second kappa shape index (κ2) is 3.85. The van der Waals surface area contributed by atoms with Gasteiger partial charge in [0.25, 0.3) is 0 Å². The van der Waals surface area contributed by atoms with E-state index in [1.54, 1.807) is 0 Å². The molecule has 0 unspecified atom stereocenters. The summed E-state index contributed by atoms with van der Waals surface area (Å²) in [6.07, 6.45) is 0. The Morgan fingerprint density at radius 2 is 1.92 bits per heavy atom. The molecule has 0 rings (SSSR count). The number of rotatable bonds is 4. The lowest BCUT2D eigenvalue weighted by molar-refractivity contribution is -0.0540. The molecule has 0 bridgehead atoms. The van der Waals surface area contributed by atoms with Crippen LogP contribution in [0.4, 0.5) is 13.2 Å². The van der Waals surface area contributed by atoms with Gasteiger partial charge in [-0.25, -0.2) is 0 Å². The van der Waals surface area contributed by atoms with Gasteiger partial charge in [0.1, 0.15) is 0 Å². The van der Waals surface area contributed by atoms with Crippen LogP contribution in [0.3, 0.4) is 0 Å². The van der Waals surface area contributed by atoms with Gasteiger partial charge in [-0.15, -0.1) is 0 Å². The lowest BCUT2D eigenvalue weighted by atomic mass is 10.7. The van der Waals surface area contributed by atoms with E-state index in [4.69, 9.17) is 0 Å². The van der Waals surface area contributed by atoms with Gasteiger partial charge >= 0.3 is 15.6 Å². The molecular weight excluding hydrogens is 199 g/mol. The van der Waals surface area contributed by atoms with Crippen LogP contribution in [-0.4, -0.2) is 33.8 Å². The summed E-state index contributed by atoms with van der Waals surface area (Å²) < 4.78 is 58.3. The molecule has 0 saturated carbocycles. The van der Waals surface area contributed by atoms with Gasteiger partial charge in [-0.3, -0.25) is 9.18 Å². The first-order valence-electron chi connectivity index (χ1n) is 2.69. The first-order valence-corrected chi connectivity index (χ1v) is 4.10. The zero-order valence-electron chi connectivity index (χ0n) is 5.84. The van der Waals surface area contributed by atoms with E-state index in [0.29, 0.717) is 0 Å². The molecule has 0 aliphatic carbocycles. The summed E-state index contributed by atoms with van der Waals surface area (Å²) in [4.78, 5) is 3.11. The summed E-state index contributed by atoms with van der Waals surface area (Å²) in [5, 5.41) is 0. The number of nitrogens with zero attached hydrogens (tertiary/aromatic N) is 1. The van der Waals surface area contributed by atoms with E-state index in [9.17, 15) is 21.6 Å². The van der Waals surface area contributed by atoms with Crippen molar-refractivity contribution in [1.29, 1.82) is 0 Å². The van der Waals surface area contributed by atoms with Gasteiger partial charge in [-0.1, -0.05) is 0 Å². The first-order chi connectivity index (χ1) is 5.31. The van der Waals surface area contributed by atoms with Crippen LogP contribution in [0.15, 0.2) is 4.99 Å². The highest BCUT2D eigenvalue weighted by Gasteiger charge is 2.47. The lowest BCUT2D eigenvalue weighted by Gasteiger charge is -2.06. The van der Waals surface area contributed by atoms with E-state index in [1.807, 2.05) is 0 Å². The molecule has 72 valence electrons. The van der Waals surface area contributed by atoms with Gasteiger partial charge in [-0.2, -0.15) is 21.6 Å². The van der Waals surface area contributed by atoms with Crippen LogP contribution in [0.5, 0.6) is 0 Å². The Balaban J connectivity index is 4.16. The van der Waals surface area contributed by atoms with Gasteiger partial charge in [0.2, 0.25) is 0 Å².